The van der Waals surface area contributed by atoms with E-state index in [0.717, 1.165) is 29.5 Å². The Morgan fingerprint density at radius 2 is 1.50 bits per heavy atom. The molecule has 10 nitrogen and oxygen atoms in total. The van der Waals surface area contributed by atoms with Crippen LogP contribution in [0.25, 0.3) is 0 Å². The quantitative estimate of drug-likeness (QED) is 0.140. The number of hydrogen-bond donors (Lipinski definition) is 2. The van der Waals surface area contributed by atoms with Crippen molar-refractivity contribution in [3.8, 4) is 11.5 Å². The maximum Gasteiger partial charge on any atom is 0.573 e. The first-order chi connectivity index (χ1) is 21.7. The van der Waals surface area contributed by atoms with Crippen LogP contribution in [0.2, 0.25) is 0 Å². The summed E-state index contributed by atoms with van der Waals surface area (Å²) in [6, 6.07) is 13.0. The first kappa shape index (κ1) is 34.0. The van der Waals surface area contributed by atoms with Gasteiger partial charge in [0.1, 0.15) is 16.5 Å². The van der Waals surface area contributed by atoms with Gasteiger partial charge < -0.3 is 24.7 Å². The molecule has 0 fully saturated rings. The Balaban J connectivity index is 1.19. The van der Waals surface area contributed by atoms with Crippen molar-refractivity contribution in [3.63, 3.8) is 0 Å². The van der Waals surface area contributed by atoms with Crippen molar-refractivity contribution < 1.29 is 45.4 Å². The molecular weight excluding hydrogens is 644 g/mol. The van der Waals surface area contributed by atoms with Crippen LogP contribution in [0.4, 0.5) is 32.0 Å². The summed E-state index contributed by atoms with van der Waals surface area (Å²) in [6.07, 6.45) is -6.72. The van der Waals surface area contributed by atoms with Gasteiger partial charge in [0, 0.05) is 37.5 Å². The average Bonchev–Trinajstić information content (AvgIpc) is 3.43. The van der Waals surface area contributed by atoms with Crippen LogP contribution in [0, 0.1) is 0 Å². The summed E-state index contributed by atoms with van der Waals surface area (Å²) >= 11 is 1.07. The molecule has 0 spiro atoms. The molecule has 2 aromatic carbocycles. The summed E-state index contributed by atoms with van der Waals surface area (Å²) in [6.45, 7) is 0.316. The van der Waals surface area contributed by atoms with E-state index in [1.54, 1.807) is 0 Å². The molecule has 0 aliphatic heterocycles. The Kier molecular flexibility index (Phi) is 11.0. The van der Waals surface area contributed by atoms with Gasteiger partial charge in [0.25, 0.3) is 11.5 Å². The lowest BCUT2D eigenvalue weighted by molar-refractivity contribution is -0.275. The molecule has 17 heteroatoms. The summed E-state index contributed by atoms with van der Waals surface area (Å²) in [5.74, 6) is -1.91. The maximum absolute atomic E-state index is 12.5. The molecule has 244 valence electrons. The summed E-state index contributed by atoms with van der Waals surface area (Å²) < 4.78 is 83.7. The monoisotopic (exact) mass is 669 g/mol. The second kappa shape index (κ2) is 14.9. The van der Waals surface area contributed by atoms with E-state index in [1.165, 1.54) is 53.2 Å². The number of rotatable bonds is 13. The first-order valence-corrected chi connectivity index (χ1v) is 14.3. The van der Waals surface area contributed by atoms with Crippen LogP contribution in [-0.4, -0.2) is 39.3 Å². The van der Waals surface area contributed by atoms with Crippen LogP contribution in [-0.2, 0) is 30.7 Å². The zero-order chi connectivity index (χ0) is 33.3. The summed E-state index contributed by atoms with van der Waals surface area (Å²) in [5.41, 5.74) is 0.550. The zero-order valence-corrected chi connectivity index (χ0v) is 24.5. The molecule has 0 saturated carbocycles. The van der Waals surface area contributed by atoms with Crippen molar-refractivity contribution in [2.45, 2.75) is 51.5 Å². The van der Waals surface area contributed by atoms with Gasteiger partial charge in [-0.2, -0.15) is 0 Å². The SMILES string of the molecule is O=C(Cc1cccc(OC(F)(F)F)c1)Nc1ccn(CCCCc2nnc(C(=O)NCc3cccc(OC(F)(F)F)c3)s2)c(=O)c1. The number of hydrogen-bond acceptors (Lipinski definition) is 8. The van der Waals surface area contributed by atoms with E-state index in [2.05, 4.69) is 30.3 Å². The number of aryl methyl sites for hydroxylation is 2. The lowest BCUT2D eigenvalue weighted by atomic mass is 10.1. The van der Waals surface area contributed by atoms with E-state index in [0.29, 0.717) is 41.9 Å². The van der Waals surface area contributed by atoms with Crippen LogP contribution in [0.3, 0.4) is 0 Å². The van der Waals surface area contributed by atoms with E-state index in [-0.39, 0.29) is 29.2 Å². The number of pyridine rings is 1. The number of anilines is 1. The highest BCUT2D eigenvalue weighted by atomic mass is 32.1. The van der Waals surface area contributed by atoms with E-state index >= 15 is 0 Å². The second-order valence-electron chi connectivity index (χ2n) is 9.70. The highest BCUT2D eigenvalue weighted by Crippen LogP contribution is 2.25. The highest BCUT2D eigenvalue weighted by molar-refractivity contribution is 7.13. The molecule has 46 heavy (non-hydrogen) atoms. The van der Waals surface area contributed by atoms with Gasteiger partial charge in [0.05, 0.1) is 6.42 Å². The van der Waals surface area contributed by atoms with Gasteiger partial charge in [-0.3, -0.25) is 14.4 Å². The third kappa shape index (κ3) is 11.2. The van der Waals surface area contributed by atoms with Gasteiger partial charge in [-0.05, 0) is 54.3 Å². The molecule has 4 aromatic rings. The van der Waals surface area contributed by atoms with Crippen LogP contribution in [0.1, 0.15) is 38.8 Å². The number of alkyl halides is 6. The Bertz CT molecular complexity index is 1720. The number of aromatic nitrogens is 3. The van der Waals surface area contributed by atoms with Crippen molar-refractivity contribution in [3.05, 3.63) is 98.4 Å². The molecule has 4 rings (SSSR count). The van der Waals surface area contributed by atoms with Crippen molar-refractivity contribution >= 4 is 28.8 Å². The fourth-order valence-corrected chi connectivity index (χ4v) is 4.93. The van der Waals surface area contributed by atoms with Crippen molar-refractivity contribution in [2.24, 2.45) is 0 Å². The molecule has 0 saturated heterocycles. The van der Waals surface area contributed by atoms with Gasteiger partial charge in [0.2, 0.25) is 10.9 Å². The van der Waals surface area contributed by atoms with Crippen LogP contribution in [0.15, 0.2) is 71.7 Å². The summed E-state index contributed by atoms with van der Waals surface area (Å²) in [7, 11) is 0. The van der Waals surface area contributed by atoms with Crippen LogP contribution < -0.4 is 25.7 Å². The third-order valence-corrected chi connectivity index (χ3v) is 7.04. The Morgan fingerprint density at radius 1 is 0.848 bits per heavy atom. The highest BCUT2D eigenvalue weighted by Gasteiger charge is 2.31. The fraction of sp³-hybridized carbons (Fsp3) is 0.276. The minimum atomic E-state index is -4.85. The Labute approximate surface area is 261 Å². The predicted octanol–water partition coefficient (Wildman–Crippen LogP) is 5.63. The molecule has 2 N–H and O–H groups in total. The Morgan fingerprint density at radius 3 is 2.15 bits per heavy atom. The van der Waals surface area contributed by atoms with E-state index in [1.807, 2.05) is 0 Å². The van der Waals surface area contributed by atoms with Gasteiger partial charge in [0.15, 0.2) is 0 Å². The number of carbonyl (C=O) groups is 2. The molecule has 0 aliphatic carbocycles. The minimum absolute atomic E-state index is 0.0469. The fourth-order valence-electron chi connectivity index (χ4n) is 4.13. The molecule has 0 atom stereocenters. The van der Waals surface area contributed by atoms with Gasteiger partial charge >= 0.3 is 12.7 Å². The van der Waals surface area contributed by atoms with Crippen LogP contribution in [0.5, 0.6) is 11.5 Å². The van der Waals surface area contributed by atoms with Crippen molar-refractivity contribution in [2.75, 3.05) is 5.32 Å². The minimum Gasteiger partial charge on any atom is -0.406 e. The maximum atomic E-state index is 12.5. The number of nitrogens with one attached hydrogen (secondary N) is 2. The number of ether oxygens (including phenoxy) is 2. The first-order valence-electron chi connectivity index (χ1n) is 13.5. The normalized spacial score (nSPS) is 11.6. The van der Waals surface area contributed by atoms with Gasteiger partial charge in [-0.25, -0.2) is 0 Å². The molecule has 2 amide bonds. The Hall–Kier alpha value is -4.93. The lowest BCUT2D eigenvalue weighted by Gasteiger charge is -2.11. The number of amides is 2. The van der Waals surface area contributed by atoms with E-state index < -0.39 is 36.0 Å². The molecule has 2 heterocycles. The van der Waals surface area contributed by atoms with E-state index in [9.17, 15) is 40.7 Å². The predicted molar refractivity (Wildman–Crippen MR) is 153 cm³/mol. The number of unbranched alkanes of at least 4 members (excludes halogenated alkanes) is 1. The van der Waals surface area contributed by atoms with Crippen molar-refractivity contribution in [1.29, 1.82) is 0 Å². The van der Waals surface area contributed by atoms with Gasteiger partial charge in [-0.15, -0.1) is 36.5 Å². The number of carbonyl (C=O) groups excluding carboxylic acids is 2. The largest absolute Gasteiger partial charge is 0.573 e. The smallest absolute Gasteiger partial charge is 0.406 e. The molecular formula is C29H25F6N5O5S. The molecule has 0 radical (unpaired) electrons. The summed E-state index contributed by atoms with van der Waals surface area (Å²) in [5, 5.41) is 13.7. The number of halogens is 6. The standard InChI is InChI=1S/C29H25F6N5O5S/c30-28(31,32)44-21-7-3-5-18(13-21)15-23(41)37-20-10-12-40(25(42)16-20)11-2-1-9-24-38-39-27(46-24)26(43)36-17-19-6-4-8-22(14-19)45-29(33,34)35/h3-8,10,12-14,16H,1-2,9,11,15,17H2,(H,36,43)(H,37,41). The van der Waals surface area contributed by atoms with E-state index in [4.69, 9.17) is 0 Å². The summed E-state index contributed by atoms with van der Waals surface area (Å²) in [4.78, 5) is 37.3. The molecule has 2 aromatic heterocycles. The third-order valence-electron chi connectivity index (χ3n) is 6.06. The number of benzene rings is 2. The molecule has 0 bridgehead atoms. The van der Waals surface area contributed by atoms with Gasteiger partial charge in [-0.1, -0.05) is 35.6 Å². The average molecular weight is 670 g/mol. The molecule has 0 aliphatic rings. The lowest BCUT2D eigenvalue weighted by Crippen LogP contribution is -2.23. The van der Waals surface area contributed by atoms with Crippen molar-refractivity contribution in [1.82, 2.24) is 20.1 Å². The topological polar surface area (TPSA) is 124 Å². The molecule has 0 unspecified atom stereocenters. The second-order valence-corrected chi connectivity index (χ2v) is 10.8. The number of nitrogens with zero attached hydrogens (tertiary/aromatic N) is 3. The zero-order valence-electron chi connectivity index (χ0n) is 23.7. The van der Waals surface area contributed by atoms with Crippen LogP contribution >= 0.6 is 11.3 Å².